The normalized spacial score (nSPS) is 9.57. The molecule has 6 nitrogen and oxygen atoms in total. The minimum Gasteiger partial charge on any atom is -0.296 e. The molecule has 1 aromatic heterocycles. The van der Waals surface area contributed by atoms with Gasteiger partial charge in [0.25, 0.3) is 0 Å². The lowest BCUT2D eigenvalue weighted by Crippen LogP contribution is -2.26. The molecule has 0 radical (unpaired) electrons. The first-order valence-electron chi connectivity index (χ1n) is 4.21. The summed E-state index contributed by atoms with van der Waals surface area (Å²) >= 11 is 0. The molecule has 0 aliphatic carbocycles. The molecule has 1 heterocycles. The molecule has 0 atom stereocenters. The molecule has 0 aromatic carbocycles. The van der Waals surface area contributed by atoms with Crippen LogP contribution in [-0.2, 0) is 6.54 Å². The summed E-state index contributed by atoms with van der Waals surface area (Å²) in [6.45, 7) is 4.24. The van der Waals surface area contributed by atoms with E-state index in [1.54, 1.807) is 6.92 Å². The van der Waals surface area contributed by atoms with E-state index in [1.807, 2.05) is 13.0 Å². The molecule has 0 saturated heterocycles. The van der Waals surface area contributed by atoms with E-state index in [9.17, 15) is 4.79 Å². The predicted molar refractivity (Wildman–Crippen MR) is 52.0 cm³/mol. The topological polar surface area (TPSA) is 83.6 Å². The van der Waals surface area contributed by atoms with Crippen LogP contribution in [0.3, 0.4) is 0 Å². The molecule has 0 N–H and O–H groups in total. The fourth-order valence-corrected chi connectivity index (χ4v) is 1.24. The molecule has 0 fully saturated rings. The van der Waals surface area contributed by atoms with Crippen LogP contribution in [-0.4, -0.2) is 16.1 Å². The van der Waals surface area contributed by atoms with Gasteiger partial charge in [0.1, 0.15) is 0 Å². The first kappa shape index (κ1) is 10.3. The van der Waals surface area contributed by atoms with E-state index in [0.29, 0.717) is 12.2 Å². The molecule has 0 unspecified atom stereocenters. The van der Waals surface area contributed by atoms with Gasteiger partial charge in [-0.25, -0.2) is 4.79 Å². The average Bonchev–Trinajstić information content (AvgIpc) is 2.09. The third-order valence-corrected chi connectivity index (χ3v) is 1.83. The zero-order valence-electron chi connectivity index (χ0n) is 8.14. The van der Waals surface area contributed by atoms with Crippen LogP contribution in [0.25, 0.3) is 10.4 Å². The van der Waals surface area contributed by atoms with Crippen molar-refractivity contribution in [1.29, 1.82) is 0 Å². The standard InChI is InChI=1S/C8H11N5O/c1-6-5-7(2)13(8(14)11-6)4-3-10-12-9/h5H,3-4H2,1-2H3. The molecular weight excluding hydrogens is 182 g/mol. The number of hydrogen-bond donors (Lipinski definition) is 0. The molecule has 0 spiro atoms. The zero-order valence-corrected chi connectivity index (χ0v) is 8.14. The van der Waals surface area contributed by atoms with Crippen molar-refractivity contribution in [2.75, 3.05) is 6.54 Å². The number of rotatable bonds is 3. The van der Waals surface area contributed by atoms with E-state index in [2.05, 4.69) is 15.0 Å². The van der Waals surface area contributed by atoms with Crippen LogP contribution in [0, 0.1) is 13.8 Å². The summed E-state index contributed by atoms with van der Waals surface area (Å²) in [7, 11) is 0. The molecule has 0 aliphatic rings. The molecule has 1 aromatic rings. The van der Waals surface area contributed by atoms with Gasteiger partial charge in [0.2, 0.25) is 0 Å². The van der Waals surface area contributed by atoms with Gasteiger partial charge in [-0.15, -0.1) is 0 Å². The highest BCUT2D eigenvalue weighted by Crippen LogP contribution is 1.96. The highest BCUT2D eigenvalue weighted by molar-refractivity contribution is 5.06. The van der Waals surface area contributed by atoms with Crippen molar-refractivity contribution in [3.05, 3.63) is 38.4 Å². The Balaban J connectivity index is 2.97. The maximum atomic E-state index is 11.4. The molecule has 74 valence electrons. The molecule has 14 heavy (non-hydrogen) atoms. The second-order valence-electron chi connectivity index (χ2n) is 2.93. The van der Waals surface area contributed by atoms with Crippen molar-refractivity contribution in [3.63, 3.8) is 0 Å². The van der Waals surface area contributed by atoms with Crippen molar-refractivity contribution < 1.29 is 0 Å². The molecule has 0 amide bonds. The summed E-state index contributed by atoms with van der Waals surface area (Å²) in [4.78, 5) is 17.8. The lowest BCUT2D eigenvalue weighted by Gasteiger charge is -2.06. The second kappa shape index (κ2) is 4.43. The molecule has 0 saturated carbocycles. The van der Waals surface area contributed by atoms with Crippen LogP contribution in [0.4, 0.5) is 0 Å². The van der Waals surface area contributed by atoms with Gasteiger partial charge in [-0.1, -0.05) is 5.11 Å². The Morgan fingerprint density at radius 2 is 2.36 bits per heavy atom. The minimum atomic E-state index is -0.296. The monoisotopic (exact) mass is 193 g/mol. The van der Waals surface area contributed by atoms with E-state index in [4.69, 9.17) is 5.53 Å². The first-order chi connectivity index (χ1) is 6.65. The summed E-state index contributed by atoms with van der Waals surface area (Å²) in [5, 5.41) is 3.36. The molecule has 0 bridgehead atoms. The molecule has 0 aliphatic heterocycles. The van der Waals surface area contributed by atoms with Crippen LogP contribution in [0.15, 0.2) is 16.0 Å². The quantitative estimate of drug-likeness (QED) is 0.410. The van der Waals surface area contributed by atoms with Gasteiger partial charge in [0.15, 0.2) is 0 Å². The van der Waals surface area contributed by atoms with Crippen LogP contribution in [0.2, 0.25) is 0 Å². The molecule has 1 rings (SSSR count). The third kappa shape index (κ3) is 2.34. The van der Waals surface area contributed by atoms with Gasteiger partial charge in [-0.2, -0.15) is 4.98 Å². The van der Waals surface area contributed by atoms with Crippen molar-refractivity contribution in [3.8, 4) is 0 Å². The zero-order chi connectivity index (χ0) is 10.6. The van der Waals surface area contributed by atoms with Crippen LogP contribution < -0.4 is 5.69 Å². The fraction of sp³-hybridized carbons (Fsp3) is 0.500. The van der Waals surface area contributed by atoms with Crippen molar-refractivity contribution >= 4 is 0 Å². The Morgan fingerprint density at radius 1 is 1.64 bits per heavy atom. The first-order valence-corrected chi connectivity index (χ1v) is 4.21. The van der Waals surface area contributed by atoms with Gasteiger partial charge in [-0.05, 0) is 25.4 Å². The van der Waals surface area contributed by atoms with Gasteiger partial charge in [0, 0.05) is 29.4 Å². The molecular formula is C8H11N5O. The van der Waals surface area contributed by atoms with Crippen molar-refractivity contribution in [2.45, 2.75) is 20.4 Å². The van der Waals surface area contributed by atoms with E-state index >= 15 is 0 Å². The third-order valence-electron chi connectivity index (χ3n) is 1.83. The van der Waals surface area contributed by atoms with Gasteiger partial charge < -0.3 is 0 Å². The number of hydrogen-bond acceptors (Lipinski definition) is 3. The predicted octanol–water partition coefficient (Wildman–Crippen LogP) is 1.17. The van der Waals surface area contributed by atoms with Crippen molar-refractivity contribution in [1.82, 2.24) is 9.55 Å². The fourth-order valence-electron chi connectivity index (χ4n) is 1.24. The largest absolute Gasteiger partial charge is 0.347 e. The summed E-state index contributed by atoms with van der Waals surface area (Å²) in [5.41, 5.74) is 9.32. The number of nitrogens with zero attached hydrogens (tertiary/aromatic N) is 5. The van der Waals surface area contributed by atoms with E-state index in [0.717, 1.165) is 5.69 Å². The highest BCUT2D eigenvalue weighted by atomic mass is 16.1. The Bertz CT molecular complexity index is 430. The SMILES string of the molecule is Cc1cc(C)n(CCN=[N+]=[N-])c(=O)n1. The van der Waals surface area contributed by atoms with Gasteiger partial charge >= 0.3 is 5.69 Å². The number of aromatic nitrogens is 2. The second-order valence-corrected chi connectivity index (χ2v) is 2.93. The summed E-state index contributed by atoms with van der Waals surface area (Å²) in [6.07, 6.45) is 0. The van der Waals surface area contributed by atoms with Crippen molar-refractivity contribution in [2.24, 2.45) is 5.11 Å². The number of aryl methyl sites for hydroxylation is 2. The molecule has 6 heteroatoms. The number of azide groups is 1. The minimum absolute atomic E-state index is 0.266. The lowest BCUT2D eigenvalue weighted by atomic mass is 10.3. The van der Waals surface area contributed by atoms with Crippen LogP contribution >= 0.6 is 0 Å². The Kier molecular flexibility index (Phi) is 3.25. The van der Waals surface area contributed by atoms with E-state index in [-0.39, 0.29) is 12.2 Å². The van der Waals surface area contributed by atoms with Crippen LogP contribution in [0.1, 0.15) is 11.4 Å². The lowest BCUT2D eigenvalue weighted by molar-refractivity contribution is 0.634. The van der Waals surface area contributed by atoms with Gasteiger partial charge in [0.05, 0.1) is 0 Å². The summed E-state index contributed by atoms with van der Waals surface area (Å²) in [5.74, 6) is 0. The van der Waals surface area contributed by atoms with Crippen LogP contribution in [0.5, 0.6) is 0 Å². The average molecular weight is 193 g/mol. The Hall–Kier alpha value is -1.81. The maximum Gasteiger partial charge on any atom is 0.347 e. The van der Waals surface area contributed by atoms with Gasteiger partial charge in [-0.3, -0.25) is 4.57 Å². The Morgan fingerprint density at radius 3 is 2.93 bits per heavy atom. The maximum absolute atomic E-state index is 11.4. The Labute approximate surface area is 80.8 Å². The highest BCUT2D eigenvalue weighted by Gasteiger charge is 2.00. The summed E-state index contributed by atoms with van der Waals surface area (Å²) in [6, 6.07) is 1.82. The van der Waals surface area contributed by atoms with E-state index in [1.165, 1.54) is 4.57 Å². The summed E-state index contributed by atoms with van der Waals surface area (Å²) < 4.78 is 1.49. The van der Waals surface area contributed by atoms with E-state index < -0.39 is 0 Å². The smallest absolute Gasteiger partial charge is 0.296 e.